The predicted octanol–water partition coefficient (Wildman–Crippen LogP) is 0.243. The highest BCUT2D eigenvalue weighted by molar-refractivity contribution is 7.89. The van der Waals surface area contributed by atoms with Crippen LogP contribution in [-0.4, -0.2) is 62.9 Å². The van der Waals surface area contributed by atoms with Crippen molar-refractivity contribution in [1.82, 2.24) is 14.5 Å². The van der Waals surface area contributed by atoms with E-state index in [0.29, 0.717) is 32.2 Å². The lowest BCUT2D eigenvalue weighted by Gasteiger charge is -2.42. The van der Waals surface area contributed by atoms with Crippen molar-refractivity contribution >= 4 is 10.0 Å². The van der Waals surface area contributed by atoms with Gasteiger partial charge in [-0.1, -0.05) is 0 Å². The SMILES string of the molecule is O=S(=O)(c1ccc(F)c(F)c1)N1CCN(C2CNC2)CC1. The molecule has 8 heteroatoms. The molecule has 1 N–H and O–H groups in total. The van der Waals surface area contributed by atoms with Gasteiger partial charge in [-0.25, -0.2) is 17.2 Å². The Morgan fingerprint density at radius 3 is 2.24 bits per heavy atom. The average molecular weight is 317 g/mol. The van der Waals surface area contributed by atoms with Gasteiger partial charge in [0.15, 0.2) is 11.6 Å². The summed E-state index contributed by atoms with van der Waals surface area (Å²) in [6.07, 6.45) is 0. The topological polar surface area (TPSA) is 52.7 Å². The molecule has 0 radical (unpaired) electrons. The summed E-state index contributed by atoms with van der Waals surface area (Å²) in [5.74, 6) is -2.19. The summed E-state index contributed by atoms with van der Waals surface area (Å²) in [5.41, 5.74) is 0. The molecule has 2 aliphatic rings. The lowest BCUT2D eigenvalue weighted by molar-refractivity contribution is 0.103. The number of nitrogens with zero attached hydrogens (tertiary/aromatic N) is 2. The van der Waals surface area contributed by atoms with Gasteiger partial charge in [0.25, 0.3) is 0 Å². The van der Waals surface area contributed by atoms with Gasteiger partial charge in [-0.15, -0.1) is 0 Å². The predicted molar refractivity (Wildman–Crippen MR) is 73.3 cm³/mol. The van der Waals surface area contributed by atoms with E-state index in [-0.39, 0.29) is 4.90 Å². The summed E-state index contributed by atoms with van der Waals surface area (Å²) in [7, 11) is -3.75. The first-order valence-electron chi connectivity index (χ1n) is 6.88. The highest BCUT2D eigenvalue weighted by Gasteiger charge is 2.33. The third-order valence-electron chi connectivity index (χ3n) is 4.08. The number of hydrogen-bond acceptors (Lipinski definition) is 4. The summed E-state index contributed by atoms with van der Waals surface area (Å²) in [6.45, 7) is 3.95. The number of rotatable bonds is 3. The number of nitrogens with one attached hydrogen (secondary N) is 1. The summed E-state index contributed by atoms with van der Waals surface area (Å²) in [4.78, 5) is 2.06. The first-order valence-corrected chi connectivity index (χ1v) is 8.32. The van der Waals surface area contributed by atoms with Gasteiger partial charge in [0.05, 0.1) is 4.90 Å². The molecule has 2 fully saturated rings. The molecule has 5 nitrogen and oxygen atoms in total. The van der Waals surface area contributed by atoms with Crippen molar-refractivity contribution in [2.75, 3.05) is 39.3 Å². The zero-order valence-corrected chi connectivity index (χ0v) is 12.2. The lowest BCUT2D eigenvalue weighted by atomic mass is 10.1. The van der Waals surface area contributed by atoms with Crippen LogP contribution in [0.4, 0.5) is 8.78 Å². The molecule has 0 bridgehead atoms. The van der Waals surface area contributed by atoms with Crippen LogP contribution in [0.1, 0.15) is 0 Å². The van der Waals surface area contributed by atoms with Crippen molar-refractivity contribution in [3.05, 3.63) is 29.8 Å². The highest BCUT2D eigenvalue weighted by Crippen LogP contribution is 2.20. The lowest BCUT2D eigenvalue weighted by Crippen LogP contribution is -2.62. The molecule has 116 valence electrons. The third kappa shape index (κ3) is 2.80. The zero-order chi connectivity index (χ0) is 15.0. The molecule has 1 aromatic rings. The maximum absolute atomic E-state index is 13.2. The van der Waals surface area contributed by atoms with Crippen molar-refractivity contribution in [3.63, 3.8) is 0 Å². The molecule has 1 aromatic carbocycles. The van der Waals surface area contributed by atoms with E-state index in [2.05, 4.69) is 10.2 Å². The summed E-state index contributed by atoms with van der Waals surface area (Å²) in [5, 5.41) is 3.19. The Balaban J connectivity index is 1.72. The Bertz CT molecular complexity index is 626. The van der Waals surface area contributed by atoms with E-state index in [1.165, 1.54) is 4.31 Å². The van der Waals surface area contributed by atoms with E-state index in [1.807, 2.05) is 0 Å². The maximum atomic E-state index is 13.2. The number of hydrogen-bond donors (Lipinski definition) is 1. The molecular formula is C13H17F2N3O2S. The van der Waals surface area contributed by atoms with Crippen LogP contribution in [0.15, 0.2) is 23.1 Å². The molecule has 3 rings (SSSR count). The van der Waals surface area contributed by atoms with Crippen LogP contribution in [0.2, 0.25) is 0 Å². The van der Waals surface area contributed by atoms with Crippen molar-refractivity contribution in [3.8, 4) is 0 Å². The van der Waals surface area contributed by atoms with Crippen molar-refractivity contribution in [1.29, 1.82) is 0 Å². The molecule has 0 spiro atoms. The van der Waals surface area contributed by atoms with Gasteiger partial charge in [0, 0.05) is 45.3 Å². The van der Waals surface area contributed by atoms with Crippen LogP contribution in [0.25, 0.3) is 0 Å². The quantitative estimate of drug-likeness (QED) is 0.868. The van der Waals surface area contributed by atoms with Crippen LogP contribution in [0.3, 0.4) is 0 Å². The van der Waals surface area contributed by atoms with Gasteiger partial charge in [0.1, 0.15) is 0 Å². The minimum Gasteiger partial charge on any atom is -0.314 e. The molecule has 0 amide bonds. The van der Waals surface area contributed by atoms with E-state index in [9.17, 15) is 17.2 Å². The van der Waals surface area contributed by atoms with Crippen molar-refractivity contribution in [2.45, 2.75) is 10.9 Å². The van der Waals surface area contributed by atoms with Crippen LogP contribution >= 0.6 is 0 Å². The third-order valence-corrected chi connectivity index (χ3v) is 5.97. The summed E-state index contributed by atoms with van der Waals surface area (Å²) in [6, 6.07) is 3.18. The largest absolute Gasteiger partial charge is 0.314 e. The molecule has 2 heterocycles. The van der Waals surface area contributed by atoms with Crippen molar-refractivity contribution < 1.29 is 17.2 Å². The fourth-order valence-corrected chi connectivity index (χ4v) is 4.06. The Kier molecular flexibility index (Phi) is 3.96. The Morgan fingerprint density at radius 1 is 1.05 bits per heavy atom. The molecule has 0 aromatic heterocycles. The van der Waals surface area contributed by atoms with E-state index in [4.69, 9.17) is 0 Å². The molecular weight excluding hydrogens is 300 g/mol. The van der Waals surface area contributed by atoms with E-state index in [0.717, 1.165) is 31.3 Å². The summed E-state index contributed by atoms with van der Waals surface area (Å²) < 4.78 is 52.3. The second-order valence-electron chi connectivity index (χ2n) is 5.33. The first kappa shape index (κ1) is 14.8. The van der Waals surface area contributed by atoms with Gasteiger partial charge >= 0.3 is 0 Å². The average Bonchev–Trinajstić information content (AvgIpc) is 2.40. The van der Waals surface area contributed by atoms with Gasteiger partial charge < -0.3 is 5.32 Å². The monoisotopic (exact) mass is 317 g/mol. The second-order valence-corrected chi connectivity index (χ2v) is 7.27. The number of halogens is 2. The standard InChI is InChI=1S/C13H17F2N3O2S/c14-12-2-1-11(7-13(12)15)21(19,20)18-5-3-17(4-6-18)10-8-16-9-10/h1-2,7,10,16H,3-6,8-9H2. The molecule has 0 aliphatic carbocycles. The highest BCUT2D eigenvalue weighted by atomic mass is 32.2. The Labute approximate surface area is 122 Å². The molecule has 21 heavy (non-hydrogen) atoms. The Morgan fingerprint density at radius 2 is 1.71 bits per heavy atom. The Hall–Kier alpha value is -1.09. The minimum absolute atomic E-state index is 0.194. The van der Waals surface area contributed by atoms with Crippen LogP contribution < -0.4 is 5.32 Å². The molecule has 2 saturated heterocycles. The van der Waals surface area contributed by atoms with Crippen LogP contribution in [0, 0.1) is 11.6 Å². The fourth-order valence-electron chi connectivity index (χ4n) is 2.63. The fraction of sp³-hybridized carbons (Fsp3) is 0.538. The van der Waals surface area contributed by atoms with Gasteiger partial charge in [-0.3, -0.25) is 4.90 Å². The first-order chi connectivity index (χ1) is 9.98. The molecule has 0 saturated carbocycles. The van der Waals surface area contributed by atoms with Crippen LogP contribution in [-0.2, 0) is 10.0 Å². The van der Waals surface area contributed by atoms with E-state index < -0.39 is 21.7 Å². The maximum Gasteiger partial charge on any atom is 0.243 e. The minimum atomic E-state index is -3.75. The van der Waals surface area contributed by atoms with Gasteiger partial charge in [-0.2, -0.15) is 4.31 Å². The normalized spacial score (nSPS) is 22.2. The van der Waals surface area contributed by atoms with Crippen molar-refractivity contribution in [2.24, 2.45) is 0 Å². The number of piperazine rings is 1. The van der Waals surface area contributed by atoms with E-state index in [1.54, 1.807) is 0 Å². The van der Waals surface area contributed by atoms with E-state index >= 15 is 0 Å². The molecule has 2 aliphatic heterocycles. The summed E-state index contributed by atoms with van der Waals surface area (Å²) >= 11 is 0. The molecule has 0 unspecified atom stereocenters. The smallest absolute Gasteiger partial charge is 0.243 e. The number of benzene rings is 1. The zero-order valence-electron chi connectivity index (χ0n) is 11.4. The number of sulfonamides is 1. The van der Waals surface area contributed by atoms with Gasteiger partial charge in [0.2, 0.25) is 10.0 Å². The van der Waals surface area contributed by atoms with Crippen LogP contribution in [0.5, 0.6) is 0 Å². The van der Waals surface area contributed by atoms with Gasteiger partial charge in [-0.05, 0) is 18.2 Å². The second kappa shape index (κ2) is 5.60. The molecule has 0 atom stereocenters.